The molecule has 0 aliphatic carbocycles. The molecular formula is C14H11F2NO4. The van der Waals surface area contributed by atoms with Crippen LogP contribution in [0.25, 0.3) is 0 Å². The number of carbonyl (C=O) groups excluding carboxylic acids is 1. The zero-order chi connectivity index (χ0) is 15.6. The molecule has 1 aromatic carbocycles. The fourth-order valence-electron chi connectivity index (χ4n) is 1.70. The van der Waals surface area contributed by atoms with Gasteiger partial charge in [-0.15, -0.1) is 0 Å². The summed E-state index contributed by atoms with van der Waals surface area (Å²) in [6, 6.07) is 4.13. The minimum absolute atomic E-state index is 0.0482. The van der Waals surface area contributed by atoms with Crippen molar-refractivity contribution in [2.75, 3.05) is 5.32 Å². The van der Waals surface area contributed by atoms with Crippen LogP contribution in [0, 0.1) is 11.6 Å². The van der Waals surface area contributed by atoms with E-state index in [1.165, 1.54) is 6.07 Å². The molecule has 0 aliphatic rings. The first-order valence-corrected chi connectivity index (χ1v) is 6.04. The molecule has 0 atom stereocenters. The number of hydrogen-bond donors (Lipinski definition) is 2. The monoisotopic (exact) mass is 295 g/mol. The molecule has 2 rings (SSSR count). The van der Waals surface area contributed by atoms with Crippen molar-refractivity contribution in [2.24, 2.45) is 0 Å². The van der Waals surface area contributed by atoms with Gasteiger partial charge in [0.1, 0.15) is 5.76 Å². The van der Waals surface area contributed by atoms with Gasteiger partial charge in [0.25, 0.3) is 5.91 Å². The second-order valence-corrected chi connectivity index (χ2v) is 4.19. The summed E-state index contributed by atoms with van der Waals surface area (Å²) >= 11 is 0. The van der Waals surface area contributed by atoms with Gasteiger partial charge in [-0.05, 0) is 18.2 Å². The maximum Gasteiger partial charge on any atom is 0.337 e. The number of amides is 1. The van der Waals surface area contributed by atoms with E-state index in [2.05, 4.69) is 5.32 Å². The lowest BCUT2D eigenvalue weighted by molar-refractivity contribution is 0.0697. The Morgan fingerprint density at radius 1 is 1.24 bits per heavy atom. The second kappa shape index (κ2) is 5.74. The lowest BCUT2D eigenvalue weighted by atomic mass is 10.1. The molecule has 1 amide bonds. The van der Waals surface area contributed by atoms with Crippen LogP contribution in [-0.2, 0) is 6.42 Å². The Kier molecular flexibility index (Phi) is 4.02. The minimum atomic E-state index is -1.49. The van der Waals surface area contributed by atoms with Gasteiger partial charge in [0.2, 0.25) is 0 Å². The second-order valence-electron chi connectivity index (χ2n) is 4.19. The average Bonchev–Trinajstić information content (AvgIpc) is 2.91. The standard InChI is InChI=1S/C14H11F2NO4/c1-2-7-3-4-12(21-7)13(18)17-11-6-10(16)9(15)5-8(11)14(19)20/h3-6H,2H2,1H3,(H,17,18)(H,19,20). The number of benzene rings is 1. The summed E-state index contributed by atoms with van der Waals surface area (Å²) in [4.78, 5) is 22.9. The lowest BCUT2D eigenvalue weighted by Gasteiger charge is -2.08. The van der Waals surface area contributed by atoms with Crippen LogP contribution in [0.3, 0.4) is 0 Å². The van der Waals surface area contributed by atoms with Crippen molar-refractivity contribution in [3.05, 3.63) is 53.0 Å². The highest BCUT2D eigenvalue weighted by Crippen LogP contribution is 2.21. The lowest BCUT2D eigenvalue weighted by Crippen LogP contribution is -2.15. The highest BCUT2D eigenvalue weighted by atomic mass is 19.2. The van der Waals surface area contributed by atoms with Crippen LogP contribution >= 0.6 is 0 Å². The van der Waals surface area contributed by atoms with Crippen LogP contribution in [-0.4, -0.2) is 17.0 Å². The minimum Gasteiger partial charge on any atom is -0.478 e. The number of carbonyl (C=O) groups is 2. The largest absolute Gasteiger partial charge is 0.478 e. The van der Waals surface area contributed by atoms with Gasteiger partial charge >= 0.3 is 5.97 Å². The van der Waals surface area contributed by atoms with Crippen molar-refractivity contribution in [1.82, 2.24) is 0 Å². The third-order valence-corrected chi connectivity index (χ3v) is 2.77. The number of nitrogens with one attached hydrogen (secondary N) is 1. The van der Waals surface area contributed by atoms with Crippen molar-refractivity contribution >= 4 is 17.6 Å². The van der Waals surface area contributed by atoms with Gasteiger partial charge in [0, 0.05) is 12.5 Å². The Morgan fingerprint density at radius 2 is 1.90 bits per heavy atom. The van der Waals surface area contributed by atoms with Gasteiger partial charge in [-0.25, -0.2) is 13.6 Å². The maximum atomic E-state index is 13.2. The predicted molar refractivity (Wildman–Crippen MR) is 69.4 cm³/mol. The Morgan fingerprint density at radius 3 is 2.48 bits per heavy atom. The Labute approximate surface area is 118 Å². The molecule has 0 unspecified atom stereocenters. The van der Waals surface area contributed by atoms with E-state index in [4.69, 9.17) is 9.52 Å². The van der Waals surface area contributed by atoms with Crippen LogP contribution < -0.4 is 5.32 Å². The molecule has 1 aromatic heterocycles. The number of aryl methyl sites for hydroxylation is 1. The molecule has 110 valence electrons. The van der Waals surface area contributed by atoms with E-state index in [-0.39, 0.29) is 11.4 Å². The van der Waals surface area contributed by atoms with Crippen molar-refractivity contribution in [3.8, 4) is 0 Å². The molecule has 0 saturated carbocycles. The first-order valence-electron chi connectivity index (χ1n) is 6.04. The number of carboxylic acids is 1. The molecule has 0 spiro atoms. The van der Waals surface area contributed by atoms with Gasteiger partial charge in [-0.1, -0.05) is 6.92 Å². The number of aromatic carboxylic acids is 1. The smallest absolute Gasteiger partial charge is 0.337 e. The third-order valence-electron chi connectivity index (χ3n) is 2.77. The van der Waals surface area contributed by atoms with Crippen molar-refractivity contribution in [1.29, 1.82) is 0 Å². The first kappa shape index (κ1) is 14.7. The molecule has 0 radical (unpaired) electrons. The number of hydrogen-bond acceptors (Lipinski definition) is 3. The van der Waals surface area contributed by atoms with E-state index >= 15 is 0 Å². The third kappa shape index (κ3) is 3.07. The summed E-state index contributed by atoms with van der Waals surface area (Å²) < 4.78 is 31.4. The number of carboxylic acid groups (broad SMARTS) is 1. The summed E-state index contributed by atoms with van der Waals surface area (Å²) in [7, 11) is 0. The van der Waals surface area contributed by atoms with Gasteiger partial charge < -0.3 is 14.8 Å². The molecule has 0 bridgehead atoms. The molecule has 0 fully saturated rings. The molecule has 0 aliphatic heterocycles. The maximum absolute atomic E-state index is 13.2. The van der Waals surface area contributed by atoms with Gasteiger partial charge in [0.15, 0.2) is 17.4 Å². The quantitative estimate of drug-likeness (QED) is 0.908. The highest BCUT2D eigenvalue weighted by molar-refractivity contribution is 6.06. The topological polar surface area (TPSA) is 79.5 Å². The van der Waals surface area contributed by atoms with Crippen molar-refractivity contribution in [2.45, 2.75) is 13.3 Å². The summed E-state index contributed by atoms with van der Waals surface area (Å²) in [5, 5.41) is 11.1. The molecular weight excluding hydrogens is 284 g/mol. The van der Waals surface area contributed by atoms with Gasteiger partial charge in [-0.3, -0.25) is 4.79 Å². The average molecular weight is 295 g/mol. The Bertz CT molecular complexity index is 709. The summed E-state index contributed by atoms with van der Waals surface area (Å²) in [5.41, 5.74) is -0.898. The molecule has 5 nitrogen and oxygen atoms in total. The molecule has 21 heavy (non-hydrogen) atoms. The Balaban J connectivity index is 2.32. The van der Waals surface area contributed by atoms with E-state index in [1.807, 2.05) is 6.92 Å². The van der Waals surface area contributed by atoms with Crippen LogP contribution in [0.2, 0.25) is 0 Å². The Hall–Kier alpha value is -2.70. The number of furan rings is 1. The van der Waals surface area contributed by atoms with Crippen LogP contribution in [0.5, 0.6) is 0 Å². The van der Waals surface area contributed by atoms with Gasteiger partial charge in [0.05, 0.1) is 11.3 Å². The fourth-order valence-corrected chi connectivity index (χ4v) is 1.70. The summed E-state index contributed by atoms with van der Waals surface area (Å²) in [5.74, 6) is -4.28. The number of anilines is 1. The first-order chi connectivity index (χ1) is 9.92. The number of halogens is 2. The molecule has 0 saturated heterocycles. The normalized spacial score (nSPS) is 10.4. The van der Waals surface area contributed by atoms with E-state index in [9.17, 15) is 18.4 Å². The zero-order valence-corrected chi connectivity index (χ0v) is 10.9. The molecule has 7 heteroatoms. The zero-order valence-electron chi connectivity index (χ0n) is 10.9. The molecule has 2 N–H and O–H groups in total. The predicted octanol–water partition coefficient (Wildman–Crippen LogP) is 3.07. The molecule has 1 heterocycles. The summed E-state index contributed by atoms with van der Waals surface area (Å²) in [6.07, 6.45) is 0.582. The fraction of sp³-hybridized carbons (Fsp3) is 0.143. The van der Waals surface area contributed by atoms with Crippen LogP contribution in [0.4, 0.5) is 14.5 Å². The van der Waals surface area contributed by atoms with E-state index in [0.717, 1.165) is 0 Å². The van der Waals surface area contributed by atoms with Crippen molar-refractivity contribution < 1.29 is 27.9 Å². The van der Waals surface area contributed by atoms with Crippen molar-refractivity contribution in [3.63, 3.8) is 0 Å². The summed E-state index contributed by atoms with van der Waals surface area (Å²) in [6.45, 7) is 1.83. The SMILES string of the molecule is CCc1ccc(C(=O)Nc2cc(F)c(F)cc2C(=O)O)o1. The van der Waals surface area contributed by atoms with Crippen LogP contribution in [0.1, 0.15) is 33.6 Å². The van der Waals surface area contributed by atoms with E-state index in [0.29, 0.717) is 24.3 Å². The van der Waals surface area contributed by atoms with E-state index < -0.39 is 29.1 Å². The van der Waals surface area contributed by atoms with Gasteiger partial charge in [-0.2, -0.15) is 0 Å². The highest BCUT2D eigenvalue weighted by Gasteiger charge is 2.19. The molecule has 2 aromatic rings. The number of rotatable bonds is 4. The van der Waals surface area contributed by atoms with Crippen LogP contribution in [0.15, 0.2) is 28.7 Å². The van der Waals surface area contributed by atoms with E-state index in [1.54, 1.807) is 6.07 Å².